The van der Waals surface area contributed by atoms with Crippen molar-refractivity contribution in [3.8, 4) is 0 Å². The largest absolute Gasteiger partial charge is 0.356 e. The number of benzene rings is 2. The number of hydrogen-bond acceptors (Lipinski definition) is 6. The molecule has 0 amide bonds. The Bertz CT molecular complexity index is 1430. The lowest BCUT2D eigenvalue weighted by Gasteiger charge is -2.39. The van der Waals surface area contributed by atoms with Crippen molar-refractivity contribution in [2.24, 2.45) is 5.92 Å². The molecule has 2 aromatic carbocycles. The van der Waals surface area contributed by atoms with Gasteiger partial charge in [-0.1, -0.05) is 5.16 Å². The van der Waals surface area contributed by atoms with E-state index in [4.69, 9.17) is 4.52 Å². The minimum atomic E-state index is -3.64. The van der Waals surface area contributed by atoms with Crippen LogP contribution in [-0.4, -0.2) is 44.7 Å². The third-order valence-electron chi connectivity index (χ3n) is 6.09. The average molecular weight is 492 g/mol. The van der Waals surface area contributed by atoms with Crippen LogP contribution in [0.5, 0.6) is 0 Å². The number of aromatic nitrogens is 1. The van der Waals surface area contributed by atoms with Gasteiger partial charge in [0.2, 0.25) is 10.0 Å². The van der Waals surface area contributed by atoms with Crippen LogP contribution in [0, 0.1) is 24.5 Å². The second-order valence-corrected chi connectivity index (χ2v) is 11.5. The highest BCUT2D eigenvalue weighted by molar-refractivity contribution is 7.91. The molecule has 4 aromatic rings. The van der Waals surface area contributed by atoms with Crippen LogP contribution in [0.15, 0.2) is 45.1 Å². The summed E-state index contributed by atoms with van der Waals surface area (Å²) in [6.07, 6.45) is 1.62. The second-order valence-electron chi connectivity index (χ2n) is 8.51. The molecule has 2 aromatic heterocycles. The molecular weight excluding hydrogens is 468 g/mol. The first kappa shape index (κ1) is 22.4. The summed E-state index contributed by atoms with van der Waals surface area (Å²) in [5.41, 5.74) is 1.87. The van der Waals surface area contributed by atoms with Gasteiger partial charge in [-0.15, -0.1) is 11.3 Å². The van der Waals surface area contributed by atoms with Crippen LogP contribution in [0.1, 0.15) is 17.7 Å². The lowest BCUT2D eigenvalue weighted by Crippen LogP contribution is -2.51. The summed E-state index contributed by atoms with van der Waals surface area (Å²) in [5.74, 6) is -0.466. The summed E-state index contributed by atoms with van der Waals surface area (Å²) in [4.78, 5) is 2.27. The molecule has 3 heterocycles. The van der Waals surface area contributed by atoms with E-state index in [0.29, 0.717) is 23.1 Å². The molecule has 1 aliphatic heterocycles. The number of likely N-dealkylation sites (tertiary alicyclic amines) is 1. The second kappa shape index (κ2) is 8.75. The number of sulfonamides is 1. The van der Waals surface area contributed by atoms with Crippen molar-refractivity contribution >= 4 is 42.4 Å². The quantitative estimate of drug-likeness (QED) is 0.394. The first-order valence-corrected chi connectivity index (χ1v) is 13.0. The third kappa shape index (κ3) is 4.52. The fourth-order valence-corrected chi connectivity index (χ4v) is 7.23. The molecule has 0 bridgehead atoms. The normalized spacial score (nSPS) is 15.5. The van der Waals surface area contributed by atoms with Crippen molar-refractivity contribution in [3.63, 3.8) is 0 Å². The lowest BCUT2D eigenvalue weighted by atomic mass is 10.00. The molecule has 0 saturated carbocycles. The maximum absolute atomic E-state index is 13.5. The predicted molar refractivity (Wildman–Crippen MR) is 124 cm³/mol. The molecule has 5 rings (SSSR count). The number of hydrogen-bond donors (Lipinski definition) is 1. The monoisotopic (exact) mass is 491 g/mol. The highest BCUT2D eigenvalue weighted by Crippen LogP contribution is 2.34. The summed E-state index contributed by atoms with van der Waals surface area (Å²) in [7, 11) is -3.64. The Morgan fingerprint density at radius 2 is 1.91 bits per heavy atom. The van der Waals surface area contributed by atoms with E-state index in [-0.39, 0.29) is 21.8 Å². The summed E-state index contributed by atoms with van der Waals surface area (Å²) < 4.78 is 61.4. The molecule has 1 aliphatic rings. The van der Waals surface area contributed by atoms with Crippen molar-refractivity contribution in [2.45, 2.75) is 24.0 Å². The minimum absolute atomic E-state index is 0.249. The molecule has 1 saturated heterocycles. The van der Waals surface area contributed by atoms with Crippen molar-refractivity contribution in [3.05, 3.63) is 59.3 Å². The summed E-state index contributed by atoms with van der Waals surface area (Å²) >= 11 is 1.17. The first-order chi connectivity index (χ1) is 15.8. The van der Waals surface area contributed by atoms with Gasteiger partial charge in [-0.2, -0.15) is 0 Å². The van der Waals surface area contributed by atoms with Gasteiger partial charge in [0, 0.05) is 35.8 Å². The fourth-order valence-electron chi connectivity index (χ4n) is 4.32. The van der Waals surface area contributed by atoms with E-state index in [9.17, 15) is 17.2 Å². The Kier molecular flexibility index (Phi) is 5.94. The van der Waals surface area contributed by atoms with Gasteiger partial charge < -0.3 is 9.42 Å². The number of rotatable bonds is 8. The molecule has 0 atom stereocenters. The van der Waals surface area contributed by atoms with Gasteiger partial charge in [0.1, 0.15) is 15.8 Å². The van der Waals surface area contributed by atoms with Crippen LogP contribution in [-0.2, 0) is 16.4 Å². The van der Waals surface area contributed by atoms with E-state index in [0.717, 1.165) is 48.3 Å². The zero-order valence-corrected chi connectivity index (χ0v) is 19.6. The molecule has 0 spiro atoms. The Morgan fingerprint density at radius 3 is 2.73 bits per heavy atom. The Hall–Kier alpha value is -2.40. The Balaban J connectivity index is 1.10. The summed E-state index contributed by atoms with van der Waals surface area (Å²) in [5, 5.41) is 5.53. The van der Waals surface area contributed by atoms with Crippen LogP contribution in [0.25, 0.3) is 21.1 Å². The Morgan fingerprint density at radius 1 is 1.15 bits per heavy atom. The number of fused-ring (bicyclic) bond motifs is 2. The molecule has 33 heavy (non-hydrogen) atoms. The molecule has 174 valence electrons. The Labute approximate surface area is 194 Å². The fraction of sp³-hybridized carbons (Fsp3) is 0.348. The molecule has 1 fully saturated rings. The van der Waals surface area contributed by atoms with Gasteiger partial charge in [-0.3, -0.25) is 0 Å². The summed E-state index contributed by atoms with van der Waals surface area (Å²) in [6.45, 7) is 4.61. The average Bonchev–Trinajstić information content (AvgIpc) is 3.30. The third-order valence-corrected chi connectivity index (χ3v) is 9.41. The van der Waals surface area contributed by atoms with Crippen LogP contribution < -0.4 is 4.72 Å². The van der Waals surface area contributed by atoms with Crippen molar-refractivity contribution in [1.82, 2.24) is 14.8 Å². The zero-order chi connectivity index (χ0) is 23.2. The predicted octanol–water partition coefficient (Wildman–Crippen LogP) is 4.47. The SMILES string of the molecule is Cc1c(S(=O)(=O)NCC2CN(CCCc3noc4cc(F)ccc34)C2)sc2ccc(F)cc12. The van der Waals surface area contributed by atoms with Gasteiger partial charge in [0.15, 0.2) is 5.58 Å². The van der Waals surface area contributed by atoms with Gasteiger partial charge in [-0.25, -0.2) is 21.9 Å². The van der Waals surface area contributed by atoms with Crippen LogP contribution in [0.3, 0.4) is 0 Å². The first-order valence-electron chi connectivity index (χ1n) is 10.7. The molecule has 0 radical (unpaired) electrons. The molecular formula is C23H23F2N3O3S2. The van der Waals surface area contributed by atoms with Gasteiger partial charge in [-0.05, 0) is 73.5 Å². The number of nitrogens with one attached hydrogen (secondary N) is 1. The van der Waals surface area contributed by atoms with Crippen LogP contribution >= 0.6 is 11.3 Å². The van der Waals surface area contributed by atoms with Crippen LogP contribution in [0.4, 0.5) is 8.78 Å². The maximum Gasteiger partial charge on any atom is 0.250 e. The van der Waals surface area contributed by atoms with E-state index in [2.05, 4.69) is 14.8 Å². The molecule has 0 unspecified atom stereocenters. The zero-order valence-electron chi connectivity index (χ0n) is 18.0. The number of thiophene rings is 1. The number of halogens is 2. The molecule has 1 N–H and O–H groups in total. The maximum atomic E-state index is 13.5. The van der Waals surface area contributed by atoms with Gasteiger partial charge in [0.25, 0.3) is 0 Å². The van der Waals surface area contributed by atoms with Crippen LogP contribution in [0.2, 0.25) is 0 Å². The van der Waals surface area contributed by atoms with Gasteiger partial charge >= 0.3 is 0 Å². The molecule has 6 nitrogen and oxygen atoms in total. The van der Waals surface area contributed by atoms with Gasteiger partial charge in [0.05, 0.1) is 5.69 Å². The minimum Gasteiger partial charge on any atom is -0.356 e. The van der Waals surface area contributed by atoms with Crippen molar-refractivity contribution in [2.75, 3.05) is 26.2 Å². The highest BCUT2D eigenvalue weighted by atomic mass is 32.2. The standard InChI is InChI=1S/C23H23F2N3O3S2/c1-14-19-9-16(24)5-7-22(19)32-23(14)33(29,30)26-11-15-12-28(13-15)8-2-3-20-18-6-4-17(25)10-21(18)31-27-20/h4-7,9-10,15,26H,2-3,8,11-13H2,1H3. The molecule has 10 heteroatoms. The topological polar surface area (TPSA) is 75.4 Å². The van der Waals surface area contributed by atoms with Crippen molar-refractivity contribution in [1.29, 1.82) is 0 Å². The van der Waals surface area contributed by atoms with E-state index in [1.165, 1.54) is 35.6 Å². The smallest absolute Gasteiger partial charge is 0.250 e. The van der Waals surface area contributed by atoms with E-state index in [1.807, 2.05) is 0 Å². The van der Waals surface area contributed by atoms with Crippen molar-refractivity contribution < 1.29 is 21.7 Å². The molecule has 0 aliphatic carbocycles. The van der Waals surface area contributed by atoms with E-state index >= 15 is 0 Å². The summed E-state index contributed by atoms with van der Waals surface area (Å²) in [6, 6.07) is 8.77. The number of aryl methyl sites for hydroxylation is 2. The van der Waals surface area contributed by atoms with E-state index in [1.54, 1.807) is 19.1 Å². The highest BCUT2D eigenvalue weighted by Gasteiger charge is 2.29. The van der Waals surface area contributed by atoms with E-state index < -0.39 is 10.0 Å². The lowest BCUT2D eigenvalue weighted by molar-refractivity contribution is 0.102. The number of nitrogens with zero attached hydrogens (tertiary/aromatic N) is 2.